The first-order valence-corrected chi connectivity index (χ1v) is 9.95. The average molecular weight is 412 g/mol. The Morgan fingerprint density at radius 2 is 1.93 bits per heavy atom. The number of benzene rings is 2. The van der Waals surface area contributed by atoms with Crippen LogP contribution in [0.4, 0.5) is 11.4 Å². The minimum atomic E-state index is -3.28. The van der Waals surface area contributed by atoms with Crippen LogP contribution in [-0.2, 0) is 10.0 Å². The first kappa shape index (κ1) is 21.0. The highest BCUT2D eigenvalue weighted by atomic mass is 35.5. The summed E-state index contributed by atoms with van der Waals surface area (Å²) in [7, 11) is -3.28. The van der Waals surface area contributed by atoms with E-state index in [1.165, 1.54) is 4.31 Å². The molecule has 3 N–H and O–H groups in total. The van der Waals surface area contributed by atoms with E-state index in [2.05, 4.69) is 5.32 Å². The van der Waals surface area contributed by atoms with Crippen LogP contribution in [0.15, 0.2) is 48.5 Å². The molecule has 1 heterocycles. The van der Waals surface area contributed by atoms with Crippen molar-refractivity contribution in [1.29, 1.82) is 0 Å². The predicted octanol–water partition coefficient (Wildman–Crippen LogP) is 2.24. The lowest BCUT2D eigenvalue weighted by atomic mass is 10.1. The predicted molar refractivity (Wildman–Crippen MR) is 108 cm³/mol. The molecule has 1 aliphatic heterocycles. The molecule has 0 unspecified atom stereocenters. The van der Waals surface area contributed by atoms with Crippen LogP contribution in [0.2, 0.25) is 0 Å². The Bertz CT molecular complexity index is 888. The van der Waals surface area contributed by atoms with Crippen molar-refractivity contribution in [3.05, 3.63) is 54.1 Å². The summed E-state index contributed by atoms with van der Waals surface area (Å²) < 4.78 is 30.8. The molecular weight excluding hydrogens is 390 g/mol. The Morgan fingerprint density at radius 3 is 2.56 bits per heavy atom. The molecule has 2 aromatic carbocycles. The van der Waals surface area contributed by atoms with E-state index in [1.54, 1.807) is 48.5 Å². The highest BCUT2D eigenvalue weighted by Crippen LogP contribution is 2.25. The van der Waals surface area contributed by atoms with Crippen LogP contribution in [0.5, 0.6) is 5.75 Å². The monoisotopic (exact) mass is 411 g/mol. The molecule has 1 fully saturated rings. The maximum absolute atomic E-state index is 12.5. The van der Waals surface area contributed by atoms with Crippen molar-refractivity contribution in [1.82, 2.24) is 0 Å². The third kappa shape index (κ3) is 5.12. The number of anilines is 2. The summed E-state index contributed by atoms with van der Waals surface area (Å²) in [5.74, 6) is 0.510. The maximum Gasteiger partial charge on any atom is 0.255 e. The van der Waals surface area contributed by atoms with Crippen LogP contribution in [0.1, 0.15) is 16.8 Å². The molecule has 3 rings (SSSR count). The lowest BCUT2D eigenvalue weighted by Crippen LogP contribution is -2.25. The summed E-state index contributed by atoms with van der Waals surface area (Å²) in [6.07, 6.45) is 0.595. The summed E-state index contributed by atoms with van der Waals surface area (Å²) in [4.78, 5) is 12.5. The van der Waals surface area contributed by atoms with E-state index in [4.69, 9.17) is 10.5 Å². The molecule has 2 aromatic rings. The quantitative estimate of drug-likeness (QED) is 0.758. The van der Waals surface area contributed by atoms with Gasteiger partial charge in [0.2, 0.25) is 10.0 Å². The Labute approximate surface area is 165 Å². The molecule has 1 saturated heterocycles. The topological polar surface area (TPSA) is 102 Å². The van der Waals surface area contributed by atoms with E-state index in [9.17, 15) is 13.2 Å². The number of nitrogens with zero attached hydrogens (tertiary/aromatic N) is 1. The van der Waals surface area contributed by atoms with Gasteiger partial charge in [-0.2, -0.15) is 0 Å². The zero-order valence-corrected chi connectivity index (χ0v) is 16.3. The molecule has 27 heavy (non-hydrogen) atoms. The fourth-order valence-corrected chi connectivity index (χ4v) is 4.30. The van der Waals surface area contributed by atoms with Gasteiger partial charge in [0, 0.05) is 24.3 Å². The third-order valence-electron chi connectivity index (χ3n) is 3.99. The van der Waals surface area contributed by atoms with Gasteiger partial charge < -0.3 is 15.8 Å². The number of halogens is 1. The minimum absolute atomic E-state index is 0. The van der Waals surface area contributed by atoms with Crippen molar-refractivity contribution < 1.29 is 17.9 Å². The molecule has 0 atom stereocenters. The summed E-state index contributed by atoms with van der Waals surface area (Å²) in [5, 5.41) is 2.79. The van der Waals surface area contributed by atoms with Gasteiger partial charge in [-0.3, -0.25) is 9.10 Å². The molecule has 0 spiro atoms. The summed E-state index contributed by atoms with van der Waals surface area (Å²) in [5.41, 5.74) is 6.92. The zero-order valence-electron chi connectivity index (χ0n) is 14.6. The van der Waals surface area contributed by atoms with Crippen LogP contribution in [0.3, 0.4) is 0 Å². The minimum Gasteiger partial charge on any atom is -0.492 e. The summed E-state index contributed by atoms with van der Waals surface area (Å²) in [6.45, 7) is 1.30. The van der Waals surface area contributed by atoms with E-state index >= 15 is 0 Å². The first-order valence-electron chi connectivity index (χ1n) is 8.34. The second-order valence-electron chi connectivity index (χ2n) is 5.91. The number of nitrogens with two attached hydrogens (primary N) is 1. The molecule has 1 aliphatic rings. The smallest absolute Gasteiger partial charge is 0.255 e. The van der Waals surface area contributed by atoms with Crippen molar-refractivity contribution in [3.63, 3.8) is 0 Å². The van der Waals surface area contributed by atoms with Crippen molar-refractivity contribution in [2.45, 2.75) is 6.42 Å². The van der Waals surface area contributed by atoms with Gasteiger partial charge in [-0.15, -0.1) is 12.4 Å². The molecular formula is C18H22ClN3O4S. The normalized spacial score (nSPS) is 15.1. The van der Waals surface area contributed by atoms with Gasteiger partial charge >= 0.3 is 0 Å². The third-order valence-corrected chi connectivity index (χ3v) is 5.86. The van der Waals surface area contributed by atoms with Crippen LogP contribution in [-0.4, -0.2) is 39.8 Å². The van der Waals surface area contributed by atoms with Crippen LogP contribution in [0, 0.1) is 0 Å². The standard InChI is InChI=1S/C18H21N3O4S.ClH/c19-9-11-25-17-7-5-15(6-8-17)20-18(22)14-3-1-4-16(13-14)21-10-2-12-26(21,23)24;/h1,3-8,13H,2,9-12,19H2,(H,20,22);1H. The Morgan fingerprint density at radius 1 is 1.19 bits per heavy atom. The van der Waals surface area contributed by atoms with Gasteiger partial charge in [0.25, 0.3) is 5.91 Å². The van der Waals surface area contributed by atoms with E-state index in [1.807, 2.05) is 0 Å². The molecule has 1 amide bonds. The summed E-state index contributed by atoms with van der Waals surface area (Å²) >= 11 is 0. The first-order chi connectivity index (χ1) is 12.5. The zero-order chi connectivity index (χ0) is 18.6. The molecule has 0 saturated carbocycles. The van der Waals surface area contributed by atoms with Gasteiger partial charge in [-0.05, 0) is 48.9 Å². The molecule has 0 radical (unpaired) electrons. The average Bonchev–Trinajstić information content (AvgIpc) is 3.00. The highest BCUT2D eigenvalue weighted by molar-refractivity contribution is 7.93. The van der Waals surface area contributed by atoms with E-state index < -0.39 is 10.0 Å². The van der Waals surface area contributed by atoms with Crippen LogP contribution < -0.4 is 20.1 Å². The number of carbonyl (C=O) groups is 1. The maximum atomic E-state index is 12.5. The van der Waals surface area contributed by atoms with Gasteiger partial charge in [0.1, 0.15) is 12.4 Å². The van der Waals surface area contributed by atoms with Crippen molar-refractivity contribution in [2.75, 3.05) is 35.1 Å². The van der Waals surface area contributed by atoms with Crippen LogP contribution in [0.25, 0.3) is 0 Å². The van der Waals surface area contributed by atoms with Crippen molar-refractivity contribution >= 4 is 39.7 Å². The van der Waals surface area contributed by atoms with Gasteiger partial charge in [0.15, 0.2) is 0 Å². The second-order valence-corrected chi connectivity index (χ2v) is 7.92. The van der Waals surface area contributed by atoms with Crippen molar-refractivity contribution in [3.8, 4) is 5.75 Å². The Balaban J connectivity index is 0.00000261. The number of hydrogen-bond donors (Lipinski definition) is 2. The molecule has 9 heteroatoms. The molecule has 7 nitrogen and oxygen atoms in total. The number of carbonyl (C=O) groups excluding carboxylic acids is 1. The van der Waals surface area contributed by atoms with E-state index in [0.717, 1.165) is 0 Å². The second kappa shape index (κ2) is 9.07. The lowest BCUT2D eigenvalue weighted by molar-refractivity contribution is 0.102. The largest absolute Gasteiger partial charge is 0.492 e. The van der Waals surface area contributed by atoms with Crippen LogP contribution >= 0.6 is 12.4 Å². The fraction of sp³-hybridized carbons (Fsp3) is 0.278. The van der Waals surface area contributed by atoms with Crippen molar-refractivity contribution in [2.24, 2.45) is 5.73 Å². The SMILES string of the molecule is Cl.NCCOc1ccc(NC(=O)c2cccc(N3CCCS3(=O)=O)c2)cc1. The Kier molecular flexibility index (Phi) is 7.06. The number of amides is 1. The lowest BCUT2D eigenvalue weighted by Gasteiger charge is -2.17. The highest BCUT2D eigenvalue weighted by Gasteiger charge is 2.28. The molecule has 146 valence electrons. The van der Waals surface area contributed by atoms with Gasteiger partial charge in [-0.1, -0.05) is 6.07 Å². The number of rotatable bonds is 6. The summed E-state index contributed by atoms with van der Waals surface area (Å²) in [6, 6.07) is 13.6. The number of hydrogen-bond acceptors (Lipinski definition) is 5. The number of nitrogens with one attached hydrogen (secondary N) is 1. The molecule has 0 aromatic heterocycles. The molecule has 0 aliphatic carbocycles. The van der Waals surface area contributed by atoms with E-state index in [-0.39, 0.29) is 24.1 Å². The molecule has 0 bridgehead atoms. The van der Waals surface area contributed by atoms with E-state index in [0.29, 0.717) is 48.8 Å². The number of ether oxygens (including phenoxy) is 1. The Hall–Kier alpha value is -2.29. The fourth-order valence-electron chi connectivity index (χ4n) is 2.75. The number of sulfonamides is 1. The van der Waals surface area contributed by atoms with Gasteiger partial charge in [-0.25, -0.2) is 8.42 Å². The van der Waals surface area contributed by atoms with Gasteiger partial charge in [0.05, 0.1) is 11.4 Å².